The van der Waals surface area contributed by atoms with Crippen molar-refractivity contribution in [2.75, 3.05) is 0 Å². The molecule has 2 heteroatoms. The Kier molecular flexibility index (Phi) is 2.41. The second-order valence-electron chi connectivity index (χ2n) is 3.44. The maximum absolute atomic E-state index is 11.4. The molecule has 2 nitrogen and oxygen atoms in total. The van der Waals surface area contributed by atoms with Crippen molar-refractivity contribution >= 4 is 0 Å². The lowest BCUT2D eigenvalue weighted by Gasteiger charge is -1.97. The van der Waals surface area contributed by atoms with Crippen LogP contribution in [0.3, 0.4) is 0 Å². The van der Waals surface area contributed by atoms with E-state index in [1.807, 2.05) is 19.9 Å². The standard InChI is InChI=1S/C11H14O2/c1-6-5-7(2)10(12)11(13)9(4)8(6)3/h5H,1-4H3,(H,12,13). The van der Waals surface area contributed by atoms with E-state index >= 15 is 0 Å². The third-order valence-corrected chi connectivity index (χ3v) is 2.52. The van der Waals surface area contributed by atoms with Crippen molar-refractivity contribution in [3.05, 3.63) is 38.5 Å². The van der Waals surface area contributed by atoms with Crippen molar-refractivity contribution in [3.8, 4) is 5.75 Å². The first-order valence-electron chi connectivity index (χ1n) is 4.26. The van der Waals surface area contributed by atoms with Gasteiger partial charge in [0, 0.05) is 5.56 Å². The van der Waals surface area contributed by atoms with Crippen LogP contribution in [0.4, 0.5) is 0 Å². The van der Waals surface area contributed by atoms with Gasteiger partial charge in [-0.05, 0) is 44.4 Å². The second-order valence-corrected chi connectivity index (χ2v) is 3.44. The molecular weight excluding hydrogens is 164 g/mol. The van der Waals surface area contributed by atoms with E-state index in [2.05, 4.69) is 0 Å². The minimum absolute atomic E-state index is 0.122. The predicted molar refractivity (Wildman–Crippen MR) is 53.3 cm³/mol. The Hall–Kier alpha value is -1.31. The van der Waals surface area contributed by atoms with Gasteiger partial charge in [0.1, 0.15) is 0 Å². The molecule has 0 aliphatic rings. The molecule has 1 rings (SSSR count). The normalized spacial score (nSPS) is 10.2. The van der Waals surface area contributed by atoms with Crippen LogP contribution in [0.25, 0.3) is 0 Å². The Morgan fingerprint density at radius 1 is 1.00 bits per heavy atom. The molecule has 0 radical (unpaired) electrons. The van der Waals surface area contributed by atoms with Gasteiger partial charge in [-0.25, -0.2) is 0 Å². The van der Waals surface area contributed by atoms with Crippen molar-refractivity contribution in [2.45, 2.75) is 27.7 Å². The van der Waals surface area contributed by atoms with E-state index in [4.69, 9.17) is 0 Å². The fourth-order valence-corrected chi connectivity index (χ4v) is 1.33. The summed E-state index contributed by atoms with van der Waals surface area (Å²) in [5.74, 6) is -0.122. The SMILES string of the molecule is Cc1cc(C)c(=O)c(O)c(C)c1C. The summed E-state index contributed by atoms with van der Waals surface area (Å²) >= 11 is 0. The first kappa shape index (κ1) is 9.78. The van der Waals surface area contributed by atoms with Gasteiger partial charge in [0.05, 0.1) is 0 Å². The summed E-state index contributed by atoms with van der Waals surface area (Å²) in [4.78, 5) is 11.4. The molecule has 0 bridgehead atoms. The zero-order valence-electron chi connectivity index (χ0n) is 8.43. The molecule has 0 saturated carbocycles. The number of hydrogen-bond acceptors (Lipinski definition) is 2. The van der Waals surface area contributed by atoms with E-state index in [1.54, 1.807) is 13.8 Å². The van der Waals surface area contributed by atoms with E-state index in [9.17, 15) is 9.90 Å². The molecule has 0 amide bonds. The molecule has 0 heterocycles. The number of aryl methyl sites for hydroxylation is 2. The predicted octanol–water partition coefficient (Wildman–Crippen LogP) is 1.99. The topological polar surface area (TPSA) is 37.3 Å². The second kappa shape index (κ2) is 3.21. The monoisotopic (exact) mass is 178 g/mol. The van der Waals surface area contributed by atoms with Gasteiger partial charge in [-0.15, -0.1) is 0 Å². The van der Waals surface area contributed by atoms with Gasteiger partial charge in [-0.1, -0.05) is 6.07 Å². The molecule has 1 aromatic carbocycles. The molecule has 0 unspecified atom stereocenters. The van der Waals surface area contributed by atoms with E-state index in [-0.39, 0.29) is 11.2 Å². The highest BCUT2D eigenvalue weighted by Gasteiger charge is 2.06. The molecule has 0 saturated heterocycles. The van der Waals surface area contributed by atoms with Crippen LogP contribution >= 0.6 is 0 Å². The minimum Gasteiger partial charge on any atom is -0.504 e. The Morgan fingerprint density at radius 3 is 2.08 bits per heavy atom. The molecule has 0 spiro atoms. The van der Waals surface area contributed by atoms with Crippen molar-refractivity contribution in [2.24, 2.45) is 0 Å². The zero-order chi connectivity index (χ0) is 10.2. The number of aromatic hydroxyl groups is 1. The first-order chi connectivity index (χ1) is 5.95. The summed E-state index contributed by atoms with van der Waals surface area (Å²) in [6.45, 7) is 7.32. The van der Waals surface area contributed by atoms with Crippen LogP contribution < -0.4 is 5.43 Å². The van der Waals surface area contributed by atoms with Crippen LogP contribution in [0.5, 0.6) is 5.75 Å². The fraction of sp³-hybridized carbons (Fsp3) is 0.364. The highest BCUT2D eigenvalue weighted by Crippen LogP contribution is 2.17. The summed E-state index contributed by atoms with van der Waals surface area (Å²) in [6, 6.07) is 1.81. The lowest BCUT2D eigenvalue weighted by molar-refractivity contribution is 0.466. The van der Waals surface area contributed by atoms with Crippen LogP contribution in [-0.2, 0) is 0 Å². The van der Waals surface area contributed by atoms with Gasteiger partial charge in [0.2, 0.25) is 5.43 Å². The first-order valence-corrected chi connectivity index (χ1v) is 4.26. The Balaban J connectivity index is 3.82. The van der Waals surface area contributed by atoms with Crippen molar-refractivity contribution in [1.29, 1.82) is 0 Å². The maximum Gasteiger partial charge on any atom is 0.223 e. The molecule has 0 aromatic heterocycles. The zero-order valence-corrected chi connectivity index (χ0v) is 8.43. The van der Waals surface area contributed by atoms with Gasteiger partial charge >= 0.3 is 0 Å². The van der Waals surface area contributed by atoms with Crippen LogP contribution in [0.15, 0.2) is 10.9 Å². The average Bonchev–Trinajstić information content (AvgIpc) is 2.15. The van der Waals surface area contributed by atoms with Gasteiger partial charge < -0.3 is 5.11 Å². The highest BCUT2D eigenvalue weighted by atomic mass is 16.3. The lowest BCUT2D eigenvalue weighted by atomic mass is 10.1. The van der Waals surface area contributed by atoms with E-state index in [1.165, 1.54) is 0 Å². The molecule has 1 N–H and O–H groups in total. The molecule has 0 atom stereocenters. The molecule has 1 aromatic rings. The van der Waals surface area contributed by atoms with E-state index in [0.717, 1.165) is 11.1 Å². The summed E-state index contributed by atoms with van der Waals surface area (Å²) in [5, 5.41) is 9.54. The van der Waals surface area contributed by atoms with Gasteiger partial charge in [0.25, 0.3) is 0 Å². The Labute approximate surface area is 77.9 Å². The van der Waals surface area contributed by atoms with E-state index in [0.29, 0.717) is 11.1 Å². The van der Waals surface area contributed by atoms with Crippen molar-refractivity contribution < 1.29 is 5.11 Å². The molecule has 0 fully saturated rings. The molecule has 0 aliphatic carbocycles. The summed E-state index contributed by atoms with van der Waals surface area (Å²) in [7, 11) is 0. The number of hydrogen-bond donors (Lipinski definition) is 1. The lowest BCUT2D eigenvalue weighted by Crippen LogP contribution is -2.00. The van der Waals surface area contributed by atoms with Crippen LogP contribution in [0.2, 0.25) is 0 Å². The maximum atomic E-state index is 11.4. The average molecular weight is 178 g/mol. The molecular formula is C11H14O2. The molecule has 0 aliphatic heterocycles. The van der Waals surface area contributed by atoms with Crippen molar-refractivity contribution in [3.63, 3.8) is 0 Å². The minimum atomic E-state index is -0.270. The quantitative estimate of drug-likeness (QED) is 0.659. The fourth-order valence-electron chi connectivity index (χ4n) is 1.33. The highest BCUT2D eigenvalue weighted by molar-refractivity contribution is 5.42. The smallest absolute Gasteiger partial charge is 0.223 e. The third kappa shape index (κ3) is 1.57. The van der Waals surface area contributed by atoms with E-state index < -0.39 is 0 Å². The number of rotatable bonds is 0. The van der Waals surface area contributed by atoms with Crippen LogP contribution in [-0.4, -0.2) is 5.11 Å². The summed E-state index contributed by atoms with van der Waals surface area (Å²) < 4.78 is 0. The van der Waals surface area contributed by atoms with Crippen molar-refractivity contribution in [1.82, 2.24) is 0 Å². The molecule has 13 heavy (non-hydrogen) atoms. The summed E-state index contributed by atoms with van der Waals surface area (Å²) in [6.07, 6.45) is 0. The Bertz CT molecular complexity index is 406. The van der Waals surface area contributed by atoms with Gasteiger partial charge in [-0.2, -0.15) is 0 Å². The Morgan fingerprint density at radius 2 is 1.54 bits per heavy atom. The van der Waals surface area contributed by atoms with Gasteiger partial charge in [-0.3, -0.25) is 4.79 Å². The third-order valence-electron chi connectivity index (χ3n) is 2.52. The van der Waals surface area contributed by atoms with Crippen LogP contribution in [0, 0.1) is 27.7 Å². The molecule has 70 valence electrons. The summed E-state index contributed by atoms with van der Waals surface area (Å²) in [5.41, 5.74) is 3.01. The van der Waals surface area contributed by atoms with Crippen LogP contribution in [0.1, 0.15) is 22.3 Å². The largest absolute Gasteiger partial charge is 0.504 e. The van der Waals surface area contributed by atoms with Gasteiger partial charge in [0.15, 0.2) is 5.75 Å².